The van der Waals surface area contributed by atoms with Crippen molar-refractivity contribution in [3.05, 3.63) is 53.1 Å². The summed E-state index contributed by atoms with van der Waals surface area (Å²) >= 11 is 5.35. The number of rotatable bonds is 0. The standard InChI is InChI=1S/C15H8BrNS/c16-10-4-5-11-13(8-10)18-12-3-1-2-9-6-7-17-15(11)14(9)12/h1-8H. The summed E-state index contributed by atoms with van der Waals surface area (Å²) in [7, 11) is 0. The largest absolute Gasteiger partial charge is 0.256 e. The fourth-order valence-corrected chi connectivity index (χ4v) is 4.05. The molecule has 1 aromatic heterocycles. The predicted molar refractivity (Wildman–Crippen MR) is 79.0 cm³/mol. The van der Waals surface area contributed by atoms with Crippen LogP contribution in [0, 0.1) is 0 Å². The molecule has 4 rings (SSSR count). The minimum absolute atomic E-state index is 1.10. The van der Waals surface area contributed by atoms with Gasteiger partial charge in [-0.1, -0.05) is 45.9 Å². The summed E-state index contributed by atoms with van der Waals surface area (Å²) in [4.78, 5) is 7.14. The van der Waals surface area contributed by atoms with Crippen LogP contribution in [0.25, 0.3) is 22.0 Å². The number of hydrogen-bond acceptors (Lipinski definition) is 2. The minimum atomic E-state index is 1.10. The zero-order valence-corrected chi connectivity index (χ0v) is 11.8. The summed E-state index contributed by atoms with van der Waals surface area (Å²) in [5, 5.41) is 2.54. The van der Waals surface area contributed by atoms with E-state index in [9.17, 15) is 0 Å². The lowest BCUT2D eigenvalue weighted by Gasteiger charge is -2.19. The molecule has 0 spiro atoms. The van der Waals surface area contributed by atoms with Gasteiger partial charge < -0.3 is 0 Å². The normalized spacial score (nSPS) is 12.5. The molecule has 0 fully saturated rings. The Balaban J connectivity index is 2.17. The Hall–Kier alpha value is -1.32. The molecular formula is C15H8BrNS. The van der Waals surface area contributed by atoms with Crippen LogP contribution in [-0.4, -0.2) is 4.98 Å². The number of pyridine rings is 1. The van der Waals surface area contributed by atoms with Gasteiger partial charge in [0, 0.05) is 31.4 Å². The monoisotopic (exact) mass is 313 g/mol. The molecule has 0 bridgehead atoms. The molecular weight excluding hydrogens is 306 g/mol. The van der Waals surface area contributed by atoms with Gasteiger partial charge in [-0.25, -0.2) is 0 Å². The maximum atomic E-state index is 4.58. The van der Waals surface area contributed by atoms with Gasteiger partial charge in [0.25, 0.3) is 0 Å². The van der Waals surface area contributed by atoms with Gasteiger partial charge in [0.1, 0.15) is 0 Å². The van der Waals surface area contributed by atoms with Crippen LogP contribution in [0.2, 0.25) is 0 Å². The Morgan fingerprint density at radius 3 is 2.89 bits per heavy atom. The van der Waals surface area contributed by atoms with Gasteiger partial charge in [-0.3, -0.25) is 4.98 Å². The Morgan fingerprint density at radius 2 is 1.94 bits per heavy atom. The summed E-state index contributed by atoms with van der Waals surface area (Å²) in [6, 6.07) is 14.9. The highest BCUT2D eigenvalue weighted by molar-refractivity contribution is 9.10. The minimum Gasteiger partial charge on any atom is -0.256 e. The number of hydrogen-bond donors (Lipinski definition) is 0. The van der Waals surface area contributed by atoms with Crippen molar-refractivity contribution < 1.29 is 0 Å². The first-order chi connectivity index (χ1) is 8.83. The first-order valence-corrected chi connectivity index (χ1v) is 7.29. The van der Waals surface area contributed by atoms with Crippen LogP contribution < -0.4 is 0 Å². The Labute approximate surface area is 117 Å². The highest BCUT2D eigenvalue weighted by Gasteiger charge is 2.19. The van der Waals surface area contributed by atoms with E-state index in [1.54, 1.807) is 0 Å². The lowest BCUT2D eigenvalue weighted by molar-refractivity contribution is 1.28. The Morgan fingerprint density at radius 1 is 1.00 bits per heavy atom. The van der Waals surface area contributed by atoms with Crippen molar-refractivity contribution in [1.29, 1.82) is 0 Å². The first kappa shape index (κ1) is 10.6. The number of benzene rings is 2. The smallest absolute Gasteiger partial charge is 0.0803 e. The average Bonchev–Trinajstić information content (AvgIpc) is 2.39. The molecule has 0 amide bonds. The molecule has 1 nitrogen and oxygen atoms in total. The van der Waals surface area contributed by atoms with Crippen molar-refractivity contribution >= 4 is 38.5 Å². The van der Waals surface area contributed by atoms with Crippen LogP contribution in [0.15, 0.2) is 62.9 Å². The van der Waals surface area contributed by atoms with E-state index in [0.717, 1.165) is 10.2 Å². The average molecular weight is 314 g/mol. The summed E-state index contributed by atoms with van der Waals surface area (Å²) in [6.45, 7) is 0. The molecule has 1 aliphatic heterocycles. The van der Waals surface area contributed by atoms with Crippen molar-refractivity contribution in [1.82, 2.24) is 4.98 Å². The molecule has 86 valence electrons. The molecule has 0 saturated heterocycles. The van der Waals surface area contributed by atoms with Crippen molar-refractivity contribution in [3.63, 3.8) is 0 Å². The molecule has 2 aromatic carbocycles. The van der Waals surface area contributed by atoms with E-state index in [1.807, 2.05) is 18.0 Å². The summed E-state index contributed by atoms with van der Waals surface area (Å²) in [6.07, 6.45) is 1.89. The first-order valence-electron chi connectivity index (χ1n) is 5.68. The van der Waals surface area contributed by atoms with Gasteiger partial charge in [0.2, 0.25) is 0 Å². The van der Waals surface area contributed by atoms with Gasteiger partial charge in [0.15, 0.2) is 0 Å². The van der Waals surface area contributed by atoms with Crippen molar-refractivity contribution in [3.8, 4) is 11.3 Å². The topological polar surface area (TPSA) is 12.9 Å². The molecule has 0 atom stereocenters. The lowest BCUT2D eigenvalue weighted by atomic mass is 10.0. The SMILES string of the molecule is Brc1ccc2c(c1)Sc1cccc3ccnc-2c13. The zero-order chi connectivity index (χ0) is 12.1. The van der Waals surface area contributed by atoms with E-state index in [0.29, 0.717) is 0 Å². The summed E-state index contributed by atoms with van der Waals surface area (Å²) in [5.41, 5.74) is 2.33. The molecule has 0 unspecified atom stereocenters. The van der Waals surface area contributed by atoms with Crippen LogP contribution in [0.1, 0.15) is 0 Å². The van der Waals surface area contributed by atoms with Crippen molar-refractivity contribution in [2.24, 2.45) is 0 Å². The van der Waals surface area contributed by atoms with Gasteiger partial charge in [0.05, 0.1) is 5.69 Å². The van der Waals surface area contributed by atoms with Gasteiger partial charge in [-0.05, 0) is 29.7 Å². The Bertz CT molecular complexity index is 777. The van der Waals surface area contributed by atoms with Crippen LogP contribution in [0.5, 0.6) is 0 Å². The molecule has 2 heterocycles. The molecule has 0 radical (unpaired) electrons. The highest BCUT2D eigenvalue weighted by Crippen LogP contribution is 2.47. The number of halogens is 1. The second kappa shape index (κ2) is 3.84. The van der Waals surface area contributed by atoms with Crippen molar-refractivity contribution in [2.75, 3.05) is 0 Å². The van der Waals surface area contributed by atoms with Gasteiger partial charge in [-0.2, -0.15) is 0 Å². The van der Waals surface area contributed by atoms with Crippen LogP contribution in [0.4, 0.5) is 0 Å². The van der Waals surface area contributed by atoms with Gasteiger partial charge >= 0.3 is 0 Å². The van der Waals surface area contributed by atoms with Crippen molar-refractivity contribution in [2.45, 2.75) is 9.79 Å². The number of nitrogens with zero attached hydrogens (tertiary/aromatic N) is 1. The quantitative estimate of drug-likeness (QED) is 0.446. The lowest BCUT2D eigenvalue weighted by Crippen LogP contribution is -1.94. The van der Waals surface area contributed by atoms with Gasteiger partial charge in [-0.15, -0.1) is 0 Å². The third-order valence-electron chi connectivity index (χ3n) is 3.17. The van der Waals surface area contributed by atoms with Crippen LogP contribution in [-0.2, 0) is 0 Å². The molecule has 0 aliphatic carbocycles. The molecule has 0 saturated carbocycles. The summed E-state index contributed by atoms with van der Waals surface area (Å²) in [5.74, 6) is 0. The predicted octanol–water partition coefficient (Wildman–Crippen LogP) is 5.13. The maximum Gasteiger partial charge on any atom is 0.0803 e. The molecule has 18 heavy (non-hydrogen) atoms. The van der Waals surface area contributed by atoms with E-state index in [1.165, 1.54) is 26.1 Å². The van der Waals surface area contributed by atoms with E-state index in [2.05, 4.69) is 63.4 Å². The van der Waals surface area contributed by atoms with E-state index < -0.39 is 0 Å². The van der Waals surface area contributed by atoms with Crippen LogP contribution >= 0.6 is 27.7 Å². The second-order valence-corrected chi connectivity index (χ2v) is 6.26. The maximum absolute atomic E-state index is 4.58. The van der Waals surface area contributed by atoms with Crippen LogP contribution in [0.3, 0.4) is 0 Å². The third-order valence-corrected chi connectivity index (χ3v) is 4.78. The second-order valence-electron chi connectivity index (χ2n) is 4.26. The Kier molecular flexibility index (Phi) is 2.26. The summed E-state index contributed by atoms with van der Waals surface area (Å²) < 4.78 is 1.11. The molecule has 0 N–H and O–H groups in total. The van der Waals surface area contributed by atoms with E-state index >= 15 is 0 Å². The fourth-order valence-electron chi connectivity index (χ4n) is 2.38. The third kappa shape index (κ3) is 1.44. The van der Waals surface area contributed by atoms with E-state index in [4.69, 9.17) is 0 Å². The number of fused-ring (bicyclic) bond motifs is 2. The highest BCUT2D eigenvalue weighted by atomic mass is 79.9. The zero-order valence-electron chi connectivity index (χ0n) is 9.35. The molecule has 3 heteroatoms. The number of aromatic nitrogens is 1. The molecule has 3 aromatic rings. The molecule has 1 aliphatic rings. The fraction of sp³-hybridized carbons (Fsp3) is 0. The van der Waals surface area contributed by atoms with E-state index in [-0.39, 0.29) is 0 Å².